The maximum atomic E-state index is 12.3. The van der Waals surface area contributed by atoms with Crippen LogP contribution in [0, 0.1) is 0 Å². The summed E-state index contributed by atoms with van der Waals surface area (Å²) >= 11 is 0. The molecule has 100 valence electrons. The number of halogens is 3. The number of aromatic carboxylic acids is 1. The van der Waals surface area contributed by atoms with Crippen molar-refractivity contribution < 1.29 is 23.1 Å². The van der Waals surface area contributed by atoms with Gasteiger partial charge in [0, 0.05) is 6.54 Å². The van der Waals surface area contributed by atoms with Crippen molar-refractivity contribution in [2.24, 2.45) is 0 Å². The summed E-state index contributed by atoms with van der Waals surface area (Å²) in [4.78, 5) is 12.1. The molecule has 0 unspecified atom stereocenters. The van der Waals surface area contributed by atoms with Crippen LogP contribution in [0.2, 0.25) is 0 Å². The molecule has 18 heavy (non-hydrogen) atoms. The molecule has 1 N–H and O–H groups in total. The molecule has 0 atom stereocenters. The van der Waals surface area contributed by atoms with Crippen LogP contribution in [-0.4, -0.2) is 35.2 Å². The first kappa shape index (κ1) is 14.5. The summed E-state index contributed by atoms with van der Waals surface area (Å²) in [7, 11) is 0. The lowest BCUT2D eigenvalue weighted by Gasteiger charge is -2.22. The van der Waals surface area contributed by atoms with Crippen LogP contribution in [-0.2, 0) is 6.54 Å². The number of rotatable bonds is 5. The topological polar surface area (TPSA) is 40.5 Å². The van der Waals surface area contributed by atoms with Gasteiger partial charge in [0.25, 0.3) is 0 Å². The van der Waals surface area contributed by atoms with Crippen molar-refractivity contribution in [3.05, 3.63) is 35.4 Å². The number of carboxylic acid groups (broad SMARTS) is 1. The second-order valence-corrected chi connectivity index (χ2v) is 3.88. The highest BCUT2D eigenvalue weighted by molar-refractivity contribution is 5.89. The van der Waals surface area contributed by atoms with Crippen LogP contribution in [0.3, 0.4) is 0 Å². The molecule has 0 spiro atoms. The first-order valence-corrected chi connectivity index (χ1v) is 5.43. The number of hydrogen-bond acceptors (Lipinski definition) is 2. The number of benzene rings is 1. The predicted molar refractivity (Wildman–Crippen MR) is 60.4 cm³/mol. The van der Waals surface area contributed by atoms with E-state index in [1.54, 1.807) is 19.1 Å². The third kappa shape index (κ3) is 4.37. The molecule has 1 aromatic rings. The van der Waals surface area contributed by atoms with Crippen molar-refractivity contribution in [2.45, 2.75) is 19.6 Å². The van der Waals surface area contributed by atoms with Crippen LogP contribution in [0.1, 0.15) is 22.8 Å². The van der Waals surface area contributed by atoms with E-state index < -0.39 is 18.7 Å². The molecular weight excluding hydrogens is 247 g/mol. The quantitative estimate of drug-likeness (QED) is 0.886. The number of alkyl halides is 3. The lowest BCUT2D eigenvalue weighted by atomic mass is 10.1. The Morgan fingerprint density at radius 3 is 2.44 bits per heavy atom. The summed E-state index contributed by atoms with van der Waals surface area (Å²) in [6.07, 6.45) is -4.28. The Bertz CT molecular complexity index is 418. The van der Waals surface area contributed by atoms with Gasteiger partial charge in [0.15, 0.2) is 0 Å². The molecule has 0 aliphatic heterocycles. The summed E-state index contributed by atoms with van der Waals surface area (Å²) in [6.45, 7) is 0.735. The molecule has 0 aliphatic rings. The molecular formula is C12H14F3NO2. The summed E-state index contributed by atoms with van der Waals surface area (Å²) in [5.41, 5.74) is 0.425. The van der Waals surface area contributed by atoms with Gasteiger partial charge in [-0.2, -0.15) is 13.2 Å². The Morgan fingerprint density at radius 2 is 1.94 bits per heavy atom. The Labute approximate surface area is 103 Å². The van der Waals surface area contributed by atoms with E-state index in [0.717, 1.165) is 4.90 Å². The van der Waals surface area contributed by atoms with Crippen LogP contribution in [0.25, 0.3) is 0 Å². The zero-order valence-electron chi connectivity index (χ0n) is 9.87. The van der Waals surface area contributed by atoms with Gasteiger partial charge in [-0.05, 0) is 18.2 Å². The van der Waals surface area contributed by atoms with E-state index in [4.69, 9.17) is 5.11 Å². The number of carboxylic acids is 1. The van der Waals surface area contributed by atoms with Gasteiger partial charge in [0.05, 0.1) is 12.1 Å². The standard InChI is InChI=1S/C12H14F3NO2/c1-2-16(8-12(13,14)15)7-9-5-3-4-6-10(9)11(17)18/h3-6H,2,7-8H2,1H3,(H,17,18). The maximum absolute atomic E-state index is 12.3. The SMILES string of the molecule is CCN(Cc1ccccc1C(=O)O)CC(F)(F)F. The van der Waals surface area contributed by atoms with Gasteiger partial charge >= 0.3 is 12.1 Å². The summed E-state index contributed by atoms with van der Waals surface area (Å²) < 4.78 is 36.9. The van der Waals surface area contributed by atoms with E-state index in [-0.39, 0.29) is 18.7 Å². The fourth-order valence-electron chi connectivity index (χ4n) is 1.64. The van der Waals surface area contributed by atoms with Crippen molar-refractivity contribution in [1.29, 1.82) is 0 Å². The highest BCUT2D eigenvalue weighted by Crippen LogP contribution is 2.19. The summed E-state index contributed by atoms with van der Waals surface area (Å²) in [6, 6.07) is 6.08. The third-order valence-electron chi connectivity index (χ3n) is 2.49. The first-order valence-electron chi connectivity index (χ1n) is 5.43. The average molecular weight is 261 g/mol. The highest BCUT2D eigenvalue weighted by Gasteiger charge is 2.30. The van der Waals surface area contributed by atoms with Gasteiger partial charge in [-0.25, -0.2) is 4.79 Å². The summed E-state index contributed by atoms with van der Waals surface area (Å²) in [5, 5.41) is 8.94. The maximum Gasteiger partial charge on any atom is 0.401 e. The van der Waals surface area contributed by atoms with Crippen molar-refractivity contribution in [2.75, 3.05) is 13.1 Å². The molecule has 0 saturated carbocycles. The number of nitrogens with zero attached hydrogens (tertiary/aromatic N) is 1. The third-order valence-corrected chi connectivity index (χ3v) is 2.49. The zero-order valence-corrected chi connectivity index (χ0v) is 9.87. The van der Waals surface area contributed by atoms with Crippen LogP contribution < -0.4 is 0 Å². The Kier molecular flexibility index (Phi) is 4.72. The van der Waals surface area contributed by atoms with Crippen LogP contribution >= 0.6 is 0 Å². The highest BCUT2D eigenvalue weighted by atomic mass is 19.4. The van der Waals surface area contributed by atoms with E-state index >= 15 is 0 Å². The number of carbonyl (C=O) groups is 1. The van der Waals surface area contributed by atoms with E-state index in [2.05, 4.69) is 0 Å². The Balaban J connectivity index is 2.85. The largest absolute Gasteiger partial charge is 0.478 e. The monoisotopic (exact) mass is 261 g/mol. The molecule has 0 bridgehead atoms. The minimum atomic E-state index is -4.28. The molecule has 6 heteroatoms. The van der Waals surface area contributed by atoms with Crippen LogP contribution in [0.4, 0.5) is 13.2 Å². The second-order valence-electron chi connectivity index (χ2n) is 3.88. The van der Waals surface area contributed by atoms with E-state index in [1.165, 1.54) is 12.1 Å². The molecule has 0 radical (unpaired) electrons. The second kappa shape index (κ2) is 5.86. The molecule has 0 heterocycles. The normalized spacial score (nSPS) is 11.8. The number of hydrogen-bond donors (Lipinski definition) is 1. The van der Waals surface area contributed by atoms with E-state index in [1.807, 2.05) is 0 Å². The van der Waals surface area contributed by atoms with Crippen LogP contribution in [0.15, 0.2) is 24.3 Å². The van der Waals surface area contributed by atoms with E-state index in [9.17, 15) is 18.0 Å². The van der Waals surface area contributed by atoms with Gasteiger partial charge in [-0.15, -0.1) is 0 Å². The van der Waals surface area contributed by atoms with Gasteiger partial charge in [0.1, 0.15) is 0 Å². The Morgan fingerprint density at radius 1 is 1.33 bits per heavy atom. The van der Waals surface area contributed by atoms with Gasteiger partial charge in [0.2, 0.25) is 0 Å². The average Bonchev–Trinajstić information content (AvgIpc) is 2.26. The lowest BCUT2D eigenvalue weighted by molar-refractivity contribution is -0.146. The molecule has 0 amide bonds. The first-order chi connectivity index (χ1) is 8.33. The summed E-state index contributed by atoms with van der Waals surface area (Å²) in [5.74, 6) is -1.13. The van der Waals surface area contributed by atoms with E-state index in [0.29, 0.717) is 5.56 Å². The fraction of sp³-hybridized carbons (Fsp3) is 0.417. The van der Waals surface area contributed by atoms with Crippen LogP contribution in [0.5, 0.6) is 0 Å². The molecule has 0 fully saturated rings. The molecule has 1 rings (SSSR count). The Hall–Kier alpha value is -1.56. The van der Waals surface area contributed by atoms with Crippen molar-refractivity contribution in [3.63, 3.8) is 0 Å². The molecule has 0 saturated heterocycles. The smallest absolute Gasteiger partial charge is 0.401 e. The molecule has 0 aliphatic carbocycles. The van der Waals surface area contributed by atoms with Gasteiger partial charge in [-0.1, -0.05) is 25.1 Å². The van der Waals surface area contributed by atoms with Gasteiger partial charge in [-0.3, -0.25) is 4.90 Å². The van der Waals surface area contributed by atoms with Gasteiger partial charge < -0.3 is 5.11 Å². The predicted octanol–water partition coefficient (Wildman–Crippen LogP) is 2.77. The minimum Gasteiger partial charge on any atom is -0.478 e. The van der Waals surface area contributed by atoms with Crippen molar-refractivity contribution in [3.8, 4) is 0 Å². The molecule has 3 nitrogen and oxygen atoms in total. The molecule has 0 aromatic heterocycles. The van der Waals surface area contributed by atoms with Crippen molar-refractivity contribution >= 4 is 5.97 Å². The lowest BCUT2D eigenvalue weighted by Crippen LogP contribution is -2.34. The fourth-order valence-corrected chi connectivity index (χ4v) is 1.64. The minimum absolute atomic E-state index is 0.0293. The molecule has 1 aromatic carbocycles. The van der Waals surface area contributed by atoms with Crippen molar-refractivity contribution in [1.82, 2.24) is 4.90 Å². The zero-order chi connectivity index (χ0) is 13.8.